The molecule has 24 heavy (non-hydrogen) atoms. The lowest BCUT2D eigenvalue weighted by atomic mass is 10.1. The summed E-state index contributed by atoms with van der Waals surface area (Å²) in [7, 11) is -3.44. The van der Waals surface area contributed by atoms with E-state index in [0.717, 1.165) is 25.7 Å². The first-order chi connectivity index (χ1) is 11.5. The van der Waals surface area contributed by atoms with Crippen molar-refractivity contribution < 1.29 is 17.6 Å². The zero-order valence-corrected chi connectivity index (χ0v) is 14.5. The molecular weight excluding hydrogens is 331 g/mol. The second-order valence-corrected chi connectivity index (χ2v) is 8.56. The van der Waals surface area contributed by atoms with Crippen molar-refractivity contribution in [3.05, 3.63) is 35.6 Å². The van der Waals surface area contributed by atoms with E-state index < -0.39 is 10.0 Å². The molecule has 1 aromatic rings. The summed E-state index contributed by atoms with van der Waals surface area (Å²) in [5.74, 6) is -0.199. The Kier molecular flexibility index (Phi) is 5.20. The Morgan fingerprint density at radius 3 is 2.21 bits per heavy atom. The molecule has 7 heteroatoms. The van der Waals surface area contributed by atoms with Gasteiger partial charge in [0.1, 0.15) is 5.82 Å². The lowest BCUT2D eigenvalue weighted by Gasteiger charge is -2.35. The van der Waals surface area contributed by atoms with Gasteiger partial charge in [0.2, 0.25) is 15.9 Å². The van der Waals surface area contributed by atoms with Gasteiger partial charge in [0.15, 0.2) is 0 Å². The van der Waals surface area contributed by atoms with Gasteiger partial charge in [0.05, 0.1) is 5.75 Å². The van der Waals surface area contributed by atoms with Crippen molar-refractivity contribution in [1.29, 1.82) is 0 Å². The Hall–Kier alpha value is -1.47. The number of hydrogen-bond acceptors (Lipinski definition) is 3. The molecule has 0 radical (unpaired) electrons. The number of carbonyl (C=O) groups is 1. The molecule has 1 heterocycles. The van der Waals surface area contributed by atoms with E-state index in [1.165, 1.54) is 28.6 Å². The summed E-state index contributed by atoms with van der Waals surface area (Å²) in [4.78, 5) is 14.2. The molecule has 0 bridgehead atoms. The molecule has 5 nitrogen and oxygen atoms in total. The molecule has 0 unspecified atom stereocenters. The van der Waals surface area contributed by atoms with Gasteiger partial charge in [-0.25, -0.2) is 12.8 Å². The third-order valence-electron chi connectivity index (χ3n) is 4.91. The molecule has 2 aliphatic rings. The second kappa shape index (κ2) is 7.19. The van der Waals surface area contributed by atoms with Crippen LogP contribution in [0.15, 0.2) is 24.3 Å². The normalized spacial score (nSPS) is 20.5. The fourth-order valence-electron chi connectivity index (χ4n) is 3.50. The van der Waals surface area contributed by atoms with Gasteiger partial charge in [-0.3, -0.25) is 4.79 Å². The van der Waals surface area contributed by atoms with E-state index in [0.29, 0.717) is 31.7 Å². The first-order valence-electron chi connectivity index (χ1n) is 8.47. The smallest absolute Gasteiger partial charge is 0.225 e. The van der Waals surface area contributed by atoms with Gasteiger partial charge in [-0.05, 0) is 30.5 Å². The third kappa shape index (κ3) is 3.95. The maximum Gasteiger partial charge on any atom is 0.225 e. The van der Waals surface area contributed by atoms with Gasteiger partial charge in [-0.1, -0.05) is 25.0 Å². The fourth-order valence-corrected chi connectivity index (χ4v) is 5.02. The highest BCUT2D eigenvalue weighted by Crippen LogP contribution is 2.27. The van der Waals surface area contributed by atoms with Crippen LogP contribution in [0.3, 0.4) is 0 Å². The number of amides is 1. The van der Waals surface area contributed by atoms with Crippen LogP contribution in [0, 0.1) is 11.7 Å². The summed E-state index contributed by atoms with van der Waals surface area (Å²) in [6, 6.07) is 5.52. The van der Waals surface area contributed by atoms with Crippen LogP contribution in [-0.2, 0) is 20.6 Å². The summed E-state index contributed by atoms with van der Waals surface area (Å²) in [5, 5.41) is 0. The van der Waals surface area contributed by atoms with Gasteiger partial charge in [-0.2, -0.15) is 4.31 Å². The van der Waals surface area contributed by atoms with Gasteiger partial charge in [0.25, 0.3) is 0 Å². The Morgan fingerprint density at radius 1 is 1.04 bits per heavy atom. The zero-order chi connectivity index (χ0) is 17.2. The van der Waals surface area contributed by atoms with Gasteiger partial charge in [0, 0.05) is 32.1 Å². The number of sulfonamides is 1. The zero-order valence-electron chi connectivity index (χ0n) is 13.7. The predicted molar refractivity (Wildman–Crippen MR) is 89.1 cm³/mol. The summed E-state index contributed by atoms with van der Waals surface area (Å²) >= 11 is 0. The van der Waals surface area contributed by atoms with Crippen LogP contribution >= 0.6 is 0 Å². The molecule has 0 spiro atoms. The minimum Gasteiger partial charge on any atom is -0.340 e. The van der Waals surface area contributed by atoms with E-state index in [9.17, 15) is 17.6 Å². The van der Waals surface area contributed by atoms with Gasteiger partial charge < -0.3 is 4.90 Å². The van der Waals surface area contributed by atoms with Crippen LogP contribution in [0.1, 0.15) is 31.2 Å². The Morgan fingerprint density at radius 2 is 1.62 bits per heavy atom. The Labute approximate surface area is 142 Å². The minimum atomic E-state index is -3.44. The highest BCUT2D eigenvalue weighted by molar-refractivity contribution is 7.88. The van der Waals surface area contributed by atoms with Crippen LogP contribution < -0.4 is 0 Å². The molecule has 1 saturated heterocycles. The van der Waals surface area contributed by atoms with Crippen molar-refractivity contribution in [3.63, 3.8) is 0 Å². The Bertz CT molecular complexity index is 676. The van der Waals surface area contributed by atoms with Crippen molar-refractivity contribution in [2.45, 2.75) is 31.4 Å². The SMILES string of the molecule is O=C(C1CCCC1)N1CCN(S(=O)(=O)Cc2ccc(F)cc2)CC1. The fraction of sp³-hybridized carbons (Fsp3) is 0.588. The molecule has 1 aliphatic carbocycles. The number of rotatable bonds is 4. The number of carbonyl (C=O) groups excluding carboxylic acids is 1. The highest BCUT2D eigenvalue weighted by atomic mass is 32.2. The molecule has 1 saturated carbocycles. The van der Waals surface area contributed by atoms with Crippen molar-refractivity contribution >= 4 is 15.9 Å². The number of benzene rings is 1. The molecule has 0 N–H and O–H groups in total. The van der Waals surface area contributed by atoms with E-state index in [1.54, 1.807) is 4.90 Å². The molecule has 0 aromatic heterocycles. The molecular formula is C17H23FN2O3S. The lowest BCUT2D eigenvalue weighted by molar-refractivity contribution is -0.136. The van der Waals surface area contributed by atoms with E-state index in [-0.39, 0.29) is 23.4 Å². The maximum atomic E-state index is 12.9. The average molecular weight is 354 g/mol. The predicted octanol–water partition coefficient (Wildman–Crippen LogP) is 1.99. The number of hydrogen-bond donors (Lipinski definition) is 0. The standard InChI is InChI=1S/C17H23FN2O3S/c18-16-7-5-14(6-8-16)13-24(22,23)20-11-9-19(10-12-20)17(21)15-3-1-2-4-15/h5-8,15H,1-4,9-13H2. The van der Waals surface area contributed by atoms with E-state index >= 15 is 0 Å². The maximum absolute atomic E-state index is 12.9. The molecule has 1 aliphatic heterocycles. The summed E-state index contributed by atoms with van der Waals surface area (Å²) < 4.78 is 39.4. The molecule has 0 atom stereocenters. The molecule has 132 valence electrons. The van der Waals surface area contributed by atoms with Gasteiger partial charge >= 0.3 is 0 Å². The van der Waals surface area contributed by atoms with Crippen LogP contribution in [0.4, 0.5) is 4.39 Å². The second-order valence-electron chi connectivity index (χ2n) is 6.59. The van der Waals surface area contributed by atoms with Crippen LogP contribution in [-0.4, -0.2) is 49.7 Å². The summed E-state index contributed by atoms with van der Waals surface area (Å²) in [6.45, 7) is 1.58. The number of nitrogens with zero attached hydrogens (tertiary/aromatic N) is 2. The highest BCUT2D eigenvalue weighted by Gasteiger charge is 2.32. The van der Waals surface area contributed by atoms with E-state index in [2.05, 4.69) is 0 Å². The Balaban J connectivity index is 1.56. The van der Waals surface area contributed by atoms with Crippen molar-refractivity contribution in [3.8, 4) is 0 Å². The molecule has 2 fully saturated rings. The van der Waals surface area contributed by atoms with Crippen LogP contribution in [0.5, 0.6) is 0 Å². The first kappa shape index (κ1) is 17.4. The van der Waals surface area contributed by atoms with E-state index in [1.807, 2.05) is 0 Å². The topological polar surface area (TPSA) is 57.7 Å². The lowest BCUT2D eigenvalue weighted by Crippen LogP contribution is -2.51. The largest absolute Gasteiger partial charge is 0.340 e. The summed E-state index contributed by atoms with van der Waals surface area (Å²) in [6.07, 6.45) is 4.15. The molecule has 1 aromatic carbocycles. The quantitative estimate of drug-likeness (QED) is 0.831. The monoisotopic (exact) mass is 354 g/mol. The molecule has 3 rings (SSSR count). The van der Waals surface area contributed by atoms with Gasteiger partial charge in [-0.15, -0.1) is 0 Å². The van der Waals surface area contributed by atoms with Crippen molar-refractivity contribution in [1.82, 2.24) is 9.21 Å². The van der Waals surface area contributed by atoms with Crippen LogP contribution in [0.2, 0.25) is 0 Å². The van der Waals surface area contributed by atoms with Crippen molar-refractivity contribution in [2.24, 2.45) is 5.92 Å². The first-order valence-corrected chi connectivity index (χ1v) is 10.1. The van der Waals surface area contributed by atoms with Crippen molar-refractivity contribution in [2.75, 3.05) is 26.2 Å². The minimum absolute atomic E-state index is 0.132. The number of piperazine rings is 1. The van der Waals surface area contributed by atoms with E-state index in [4.69, 9.17) is 0 Å². The molecule has 1 amide bonds. The summed E-state index contributed by atoms with van der Waals surface area (Å²) in [5.41, 5.74) is 0.570. The average Bonchev–Trinajstić information content (AvgIpc) is 3.11. The van der Waals surface area contributed by atoms with Crippen LogP contribution in [0.25, 0.3) is 0 Å². The number of halogens is 1. The third-order valence-corrected chi connectivity index (χ3v) is 6.76.